The van der Waals surface area contributed by atoms with Gasteiger partial charge in [0.1, 0.15) is 17.1 Å². The van der Waals surface area contributed by atoms with Crippen LogP contribution in [-0.2, 0) is 9.53 Å². The summed E-state index contributed by atoms with van der Waals surface area (Å²) >= 11 is 0. The van der Waals surface area contributed by atoms with E-state index in [1.165, 1.54) is 0 Å². The quantitative estimate of drug-likeness (QED) is 0.863. The summed E-state index contributed by atoms with van der Waals surface area (Å²) in [5.74, 6) is 0.263. The molecule has 1 N–H and O–H groups in total. The number of furan rings is 1. The van der Waals surface area contributed by atoms with Gasteiger partial charge in [-0.15, -0.1) is 0 Å². The first kappa shape index (κ1) is 17.8. The molecule has 0 unspecified atom stereocenters. The minimum absolute atomic E-state index is 0.339. The van der Waals surface area contributed by atoms with Gasteiger partial charge >= 0.3 is 5.97 Å². The Hall–Kier alpha value is -2.56. The van der Waals surface area contributed by atoms with Gasteiger partial charge in [0.05, 0.1) is 0 Å². The van der Waals surface area contributed by atoms with Gasteiger partial charge in [-0.1, -0.05) is 17.7 Å². The highest BCUT2D eigenvalue weighted by molar-refractivity contribution is 5.97. The SMILES string of the molecule is Cc1cc(C)c(NC(=O)COC(=O)c2c(C)oc(C)c2C)c(C)c1. The Bertz CT molecular complexity index is 779. The lowest BCUT2D eigenvalue weighted by Crippen LogP contribution is -2.22. The summed E-state index contributed by atoms with van der Waals surface area (Å²) < 4.78 is 10.5. The number of amides is 1. The van der Waals surface area contributed by atoms with Crippen molar-refractivity contribution < 1.29 is 18.7 Å². The average Bonchev–Trinajstić information content (AvgIpc) is 2.73. The molecule has 0 saturated heterocycles. The molecule has 1 heterocycles. The lowest BCUT2D eigenvalue weighted by atomic mass is 10.1. The summed E-state index contributed by atoms with van der Waals surface area (Å²) in [7, 11) is 0. The third-order valence-electron chi connectivity index (χ3n) is 4.04. The topological polar surface area (TPSA) is 68.5 Å². The second-order valence-corrected chi connectivity index (χ2v) is 6.11. The van der Waals surface area contributed by atoms with Crippen LogP contribution < -0.4 is 5.32 Å². The van der Waals surface area contributed by atoms with E-state index in [4.69, 9.17) is 9.15 Å². The number of hydrogen-bond donors (Lipinski definition) is 1. The number of esters is 1. The molecule has 0 aliphatic carbocycles. The standard InChI is InChI=1S/C19H23NO4/c1-10-7-11(2)18(12(3)8-10)20-16(21)9-23-19(22)17-13(4)14(5)24-15(17)6/h7-8H,9H2,1-6H3,(H,20,21). The summed E-state index contributed by atoms with van der Waals surface area (Å²) in [6.07, 6.45) is 0. The molecule has 0 aliphatic heterocycles. The Morgan fingerprint density at radius 1 is 1.00 bits per heavy atom. The second kappa shape index (κ2) is 6.91. The summed E-state index contributed by atoms with van der Waals surface area (Å²) in [4.78, 5) is 24.3. The Kier molecular flexibility index (Phi) is 5.12. The molecular formula is C19H23NO4. The minimum Gasteiger partial charge on any atom is -0.465 e. The molecule has 0 bridgehead atoms. The smallest absolute Gasteiger partial charge is 0.342 e. The van der Waals surface area contributed by atoms with Gasteiger partial charge < -0.3 is 14.5 Å². The minimum atomic E-state index is -0.547. The summed E-state index contributed by atoms with van der Waals surface area (Å²) in [5, 5.41) is 2.81. The molecule has 2 aromatic rings. The molecule has 24 heavy (non-hydrogen) atoms. The molecule has 0 spiro atoms. The number of anilines is 1. The van der Waals surface area contributed by atoms with E-state index in [0.717, 1.165) is 27.9 Å². The molecule has 128 valence electrons. The summed E-state index contributed by atoms with van der Waals surface area (Å²) in [6.45, 7) is 10.8. The molecule has 1 amide bonds. The number of ether oxygens (including phenoxy) is 1. The Labute approximate surface area is 142 Å². The fraction of sp³-hybridized carbons (Fsp3) is 0.368. The van der Waals surface area contributed by atoms with Crippen LogP contribution in [0.4, 0.5) is 5.69 Å². The highest BCUT2D eigenvalue weighted by atomic mass is 16.5. The van der Waals surface area contributed by atoms with Crippen LogP contribution in [0.5, 0.6) is 0 Å². The maximum absolute atomic E-state index is 12.2. The Morgan fingerprint density at radius 3 is 2.08 bits per heavy atom. The maximum atomic E-state index is 12.2. The number of aryl methyl sites for hydroxylation is 5. The van der Waals surface area contributed by atoms with Crippen LogP contribution in [0.15, 0.2) is 16.5 Å². The van der Waals surface area contributed by atoms with Gasteiger partial charge in [-0.2, -0.15) is 0 Å². The zero-order valence-corrected chi connectivity index (χ0v) is 15.0. The van der Waals surface area contributed by atoms with E-state index in [1.807, 2.05) is 32.9 Å². The molecule has 5 nitrogen and oxygen atoms in total. The van der Waals surface area contributed by atoms with Crippen molar-refractivity contribution in [2.75, 3.05) is 11.9 Å². The van der Waals surface area contributed by atoms with Crippen molar-refractivity contribution in [1.82, 2.24) is 0 Å². The average molecular weight is 329 g/mol. The Morgan fingerprint density at radius 2 is 1.58 bits per heavy atom. The van der Waals surface area contributed by atoms with E-state index in [9.17, 15) is 9.59 Å². The first-order valence-electron chi connectivity index (χ1n) is 7.82. The van der Waals surface area contributed by atoms with Crippen LogP contribution in [0, 0.1) is 41.5 Å². The first-order chi connectivity index (χ1) is 11.2. The predicted molar refractivity (Wildman–Crippen MR) is 92.5 cm³/mol. The zero-order chi connectivity index (χ0) is 18.0. The van der Waals surface area contributed by atoms with Crippen molar-refractivity contribution in [2.45, 2.75) is 41.5 Å². The third kappa shape index (κ3) is 3.67. The van der Waals surface area contributed by atoms with E-state index in [2.05, 4.69) is 5.32 Å². The van der Waals surface area contributed by atoms with E-state index in [1.54, 1.807) is 20.8 Å². The van der Waals surface area contributed by atoms with Gasteiger partial charge in [-0.25, -0.2) is 4.79 Å². The number of carbonyl (C=O) groups is 2. The molecule has 0 fully saturated rings. The third-order valence-corrected chi connectivity index (χ3v) is 4.04. The molecule has 0 atom stereocenters. The number of hydrogen-bond acceptors (Lipinski definition) is 4. The monoisotopic (exact) mass is 329 g/mol. The zero-order valence-electron chi connectivity index (χ0n) is 15.0. The summed E-state index contributed by atoms with van der Waals surface area (Å²) in [6, 6.07) is 3.99. The van der Waals surface area contributed by atoms with Crippen LogP contribution >= 0.6 is 0 Å². The number of rotatable bonds is 4. The van der Waals surface area contributed by atoms with Gasteiger partial charge in [-0.3, -0.25) is 4.79 Å². The van der Waals surface area contributed by atoms with Gasteiger partial charge in [-0.05, 0) is 52.7 Å². The molecule has 0 aliphatic rings. The van der Waals surface area contributed by atoms with Crippen molar-refractivity contribution in [3.05, 3.63) is 51.5 Å². The highest BCUT2D eigenvalue weighted by Crippen LogP contribution is 2.23. The second-order valence-electron chi connectivity index (χ2n) is 6.11. The van der Waals surface area contributed by atoms with Gasteiger partial charge in [0.2, 0.25) is 0 Å². The molecule has 1 aromatic heterocycles. The van der Waals surface area contributed by atoms with Gasteiger partial charge in [0, 0.05) is 11.3 Å². The van der Waals surface area contributed by atoms with E-state index < -0.39 is 5.97 Å². The fourth-order valence-electron chi connectivity index (χ4n) is 2.85. The number of nitrogens with one attached hydrogen (secondary N) is 1. The highest BCUT2D eigenvalue weighted by Gasteiger charge is 2.21. The number of carbonyl (C=O) groups excluding carboxylic acids is 2. The van der Waals surface area contributed by atoms with Gasteiger partial charge in [0.15, 0.2) is 6.61 Å². The Balaban J connectivity index is 2.03. The van der Waals surface area contributed by atoms with Crippen LogP contribution in [0.2, 0.25) is 0 Å². The van der Waals surface area contributed by atoms with Crippen LogP contribution in [0.25, 0.3) is 0 Å². The fourth-order valence-corrected chi connectivity index (χ4v) is 2.85. The molecule has 1 aromatic carbocycles. The molecule has 0 saturated carbocycles. The van der Waals surface area contributed by atoms with Crippen molar-refractivity contribution >= 4 is 17.6 Å². The van der Waals surface area contributed by atoms with Crippen LogP contribution in [-0.4, -0.2) is 18.5 Å². The normalized spacial score (nSPS) is 10.6. The predicted octanol–water partition coefficient (Wildman–Crippen LogP) is 3.93. The van der Waals surface area contributed by atoms with Crippen molar-refractivity contribution in [3.8, 4) is 0 Å². The largest absolute Gasteiger partial charge is 0.465 e. The molecule has 2 rings (SSSR count). The van der Waals surface area contributed by atoms with E-state index >= 15 is 0 Å². The first-order valence-corrected chi connectivity index (χ1v) is 7.82. The molecule has 0 radical (unpaired) electrons. The van der Waals surface area contributed by atoms with Crippen LogP contribution in [0.1, 0.15) is 44.1 Å². The van der Waals surface area contributed by atoms with Crippen molar-refractivity contribution in [3.63, 3.8) is 0 Å². The van der Waals surface area contributed by atoms with Crippen molar-refractivity contribution in [2.24, 2.45) is 0 Å². The lowest BCUT2D eigenvalue weighted by Gasteiger charge is -2.13. The van der Waals surface area contributed by atoms with Crippen LogP contribution in [0.3, 0.4) is 0 Å². The van der Waals surface area contributed by atoms with Gasteiger partial charge in [0.25, 0.3) is 5.91 Å². The molecule has 5 heteroatoms. The van der Waals surface area contributed by atoms with Crippen molar-refractivity contribution in [1.29, 1.82) is 0 Å². The number of benzene rings is 1. The molecular weight excluding hydrogens is 306 g/mol. The maximum Gasteiger partial charge on any atom is 0.342 e. The summed E-state index contributed by atoms with van der Waals surface area (Å²) in [5.41, 5.74) is 4.98. The lowest BCUT2D eigenvalue weighted by molar-refractivity contribution is -0.119. The van der Waals surface area contributed by atoms with E-state index in [0.29, 0.717) is 17.1 Å². The van der Waals surface area contributed by atoms with E-state index in [-0.39, 0.29) is 12.5 Å².